The van der Waals surface area contributed by atoms with Crippen LogP contribution < -0.4 is 0 Å². The molecule has 0 aromatic carbocycles. The number of hydrogen-bond donors (Lipinski definition) is 0. The molecule has 0 aromatic rings. The minimum Gasteiger partial charge on any atom is -0.281 e. The van der Waals surface area contributed by atoms with Gasteiger partial charge in [-0.2, -0.15) is 0 Å². The lowest BCUT2D eigenvalue weighted by molar-refractivity contribution is -0.117. The van der Waals surface area contributed by atoms with Gasteiger partial charge in [-0.3, -0.25) is 4.79 Å². The summed E-state index contributed by atoms with van der Waals surface area (Å²) in [6.07, 6.45) is 0. The first kappa shape index (κ1) is 8.96. The highest BCUT2D eigenvalue weighted by atomic mass is 35.5. The van der Waals surface area contributed by atoms with E-state index in [4.69, 9.17) is 11.6 Å². The van der Waals surface area contributed by atoms with Gasteiger partial charge in [-0.05, 0) is 17.0 Å². The molecule has 0 unspecified atom stereocenters. The zero-order valence-electron chi connectivity index (χ0n) is 6.36. The highest BCUT2D eigenvalue weighted by Crippen LogP contribution is 2.26. The van der Waals surface area contributed by atoms with Crippen molar-refractivity contribution in [2.45, 2.75) is 27.7 Å². The third kappa shape index (κ3) is 2.85. The normalized spacial score (nSPS) is 15.2. The van der Waals surface area contributed by atoms with Crippen LogP contribution in [0.15, 0.2) is 0 Å². The molecule has 0 bridgehead atoms. The van der Waals surface area contributed by atoms with Crippen LogP contribution in [0.4, 0.5) is 0 Å². The van der Waals surface area contributed by atoms with E-state index in [-0.39, 0.29) is 16.6 Å². The summed E-state index contributed by atoms with van der Waals surface area (Å²) in [5.74, 6) is -0.0563. The quantitative estimate of drug-likeness (QED) is 0.522. The average molecular weight is 149 g/mol. The molecule has 0 amide bonds. The second-order valence-corrected chi connectivity index (χ2v) is 3.76. The Bertz CT molecular complexity index is 113. The Kier molecular flexibility index (Phi) is 2.68. The fourth-order valence-corrected chi connectivity index (χ4v) is 0.668. The Labute approximate surface area is 61.4 Å². The molecule has 0 aliphatic carbocycles. The molecule has 54 valence electrons. The Balaban J connectivity index is 4.04. The lowest BCUT2D eigenvalue weighted by Gasteiger charge is -2.23. The standard InChI is InChI=1S/C7H13ClO/c1-5(6(8)9)7(2,3)4/h5H,1-4H3/t5-/m0/s1. The molecule has 0 spiro atoms. The van der Waals surface area contributed by atoms with E-state index >= 15 is 0 Å². The summed E-state index contributed by atoms with van der Waals surface area (Å²) in [5.41, 5.74) is -0.00116. The second kappa shape index (κ2) is 2.70. The lowest BCUT2D eigenvalue weighted by atomic mass is 9.83. The monoisotopic (exact) mass is 148 g/mol. The summed E-state index contributed by atoms with van der Waals surface area (Å²) < 4.78 is 0. The van der Waals surface area contributed by atoms with Gasteiger partial charge < -0.3 is 0 Å². The van der Waals surface area contributed by atoms with E-state index in [9.17, 15) is 4.79 Å². The van der Waals surface area contributed by atoms with Crippen LogP contribution in [0.2, 0.25) is 0 Å². The largest absolute Gasteiger partial charge is 0.281 e. The fourth-order valence-electron chi connectivity index (χ4n) is 0.340. The predicted octanol–water partition coefficient (Wildman–Crippen LogP) is 2.43. The van der Waals surface area contributed by atoms with Gasteiger partial charge in [-0.1, -0.05) is 27.7 Å². The maximum Gasteiger partial charge on any atom is 0.224 e. The van der Waals surface area contributed by atoms with Crippen molar-refractivity contribution in [1.82, 2.24) is 0 Å². The Hall–Kier alpha value is -0.0400. The molecule has 1 atom stereocenters. The highest BCUT2D eigenvalue weighted by molar-refractivity contribution is 6.64. The first-order valence-corrected chi connectivity index (χ1v) is 3.43. The van der Waals surface area contributed by atoms with Crippen LogP contribution in [0.5, 0.6) is 0 Å². The van der Waals surface area contributed by atoms with Crippen molar-refractivity contribution in [3.8, 4) is 0 Å². The van der Waals surface area contributed by atoms with Crippen LogP contribution in [0.1, 0.15) is 27.7 Å². The van der Waals surface area contributed by atoms with Crippen molar-refractivity contribution < 1.29 is 4.79 Å². The van der Waals surface area contributed by atoms with Crippen LogP contribution in [0.3, 0.4) is 0 Å². The van der Waals surface area contributed by atoms with E-state index < -0.39 is 0 Å². The molecular weight excluding hydrogens is 136 g/mol. The van der Waals surface area contributed by atoms with Crippen molar-refractivity contribution in [3.05, 3.63) is 0 Å². The van der Waals surface area contributed by atoms with Crippen LogP contribution in [0, 0.1) is 11.3 Å². The molecule has 2 heteroatoms. The number of carbonyl (C=O) groups is 1. The maximum atomic E-state index is 10.6. The topological polar surface area (TPSA) is 17.1 Å². The molecule has 0 rings (SSSR count). The Morgan fingerprint density at radius 1 is 1.44 bits per heavy atom. The summed E-state index contributed by atoms with van der Waals surface area (Å²) >= 11 is 5.27. The summed E-state index contributed by atoms with van der Waals surface area (Å²) in [6, 6.07) is 0. The molecule has 0 fully saturated rings. The Morgan fingerprint density at radius 3 is 1.78 bits per heavy atom. The van der Waals surface area contributed by atoms with Crippen LogP contribution in [-0.4, -0.2) is 5.24 Å². The minimum atomic E-state index is -0.248. The van der Waals surface area contributed by atoms with Gasteiger partial charge in [0.2, 0.25) is 5.24 Å². The third-order valence-corrected chi connectivity index (χ3v) is 1.97. The van der Waals surface area contributed by atoms with Gasteiger partial charge in [-0.15, -0.1) is 0 Å². The van der Waals surface area contributed by atoms with Gasteiger partial charge in [-0.25, -0.2) is 0 Å². The SMILES string of the molecule is C[C@@H](C(=O)Cl)C(C)(C)C. The summed E-state index contributed by atoms with van der Waals surface area (Å²) in [6.45, 7) is 7.84. The highest BCUT2D eigenvalue weighted by Gasteiger charge is 2.24. The molecular formula is C7H13ClO. The number of halogens is 1. The number of carbonyl (C=O) groups excluding carboxylic acids is 1. The summed E-state index contributed by atoms with van der Waals surface area (Å²) in [7, 11) is 0. The van der Waals surface area contributed by atoms with E-state index in [1.807, 2.05) is 27.7 Å². The molecule has 0 radical (unpaired) electrons. The van der Waals surface area contributed by atoms with Crippen molar-refractivity contribution >= 4 is 16.8 Å². The first-order valence-electron chi connectivity index (χ1n) is 3.05. The molecule has 0 aliphatic heterocycles. The molecule has 0 aliphatic rings. The summed E-state index contributed by atoms with van der Waals surface area (Å²) in [4.78, 5) is 10.6. The molecule has 0 saturated heterocycles. The van der Waals surface area contributed by atoms with Gasteiger partial charge in [0.15, 0.2) is 0 Å². The van der Waals surface area contributed by atoms with Crippen molar-refractivity contribution in [1.29, 1.82) is 0 Å². The van der Waals surface area contributed by atoms with Crippen LogP contribution in [0.25, 0.3) is 0 Å². The zero-order chi connectivity index (χ0) is 7.65. The first-order chi connectivity index (χ1) is 3.85. The number of hydrogen-bond acceptors (Lipinski definition) is 1. The third-order valence-electron chi connectivity index (χ3n) is 1.64. The van der Waals surface area contributed by atoms with E-state index in [2.05, 4.69) is 0 Å². The number of rotatable bonds is 1. The van der Waals surface area contributed by atoms with Gasteiger partial charge in [0.25, 0.3) is 0 Å². The zero-order valence-corrected chi connectivity index (χ0v) is 7.12. The van der Waals surface area contributed by atoms with Crippen LogP contribution in [-0.2, 0) is 4.79 Å². The van der Waals surface area contributed by atoms with Crippen molar-refractivity contribution in [2.24, 2.45) is 11.3 Å². The molecule has 0 N–H and O–H groups in total. The minimum absolute atomic E-state index is 0.00116. The Morgan fingerprint density at radius 2 is 1.78 bits per heavy atom. The molecule has 0 heterocycles. The van der Waals surface area contributed by atoms with E-state index in [1.54, 1.807) is 0 Å². The van der Waals surface area contributed by atoms with Crippen molar-refractivity contribution in [3.63, 3.8) is 0 Å². The van der Waals surface area contributed by atoms with Crippen molar-refractivity contribution in [2.75, 3.05) is 0 Å². The molecule has 0 saturated carbocycles. The molecule has 0 aromatic heterocycles. The lowest BCUT2D eigenvalue weighted by Crippen LogP contribution is -2.22. The average Bonchev–Trinajstić information content (AvgIpc) is 1.62. The fraction of sp³-hybridized carbons (Fsp3) is 0.857. The smallest absolute Gasteiger partial charge is 0.224 e. The van der Waals surface area contributed by atoms with Gasteiger partial charge in [0.05, 0.1) is 0 Å². The van der Waals surface area contributed by atoms with E-state index in [1.165, 1.54) is 0 Å². The molecule has 1 nitrogen and oxygen atoms in total. The summed E-state index contributed by atoms with van der Waals surface area (Å²) in [5, 5.41) is -0.248. The predicted molar refractivity (Wildman–Crippen MR) is 39.5 cm³/mol. The van der Waals surface area contributed by atoms with Crippen LogP contribution >= 0.6 is 11.6 Å². The van der Waals surface area contributed by atoms with E-state index in [0.29, 0.717) is 0 Å². The van der Waals surface area contributed by atoms with Gasteiger partial charge in [0, 0.05) is 5.92 Å². The maximum absolute atomic E-state index is 10.6. The van der Waals surface area contributed by atoms with E-state index in [0.717, 1.165) is 0 Å². The van der Waals surface area contributed by atoms with Gasteiger partial charge >= 0.3 is 0 Å². The van der Waals surface area contributed by atoms with Gasteiger partial charge in [0.1, 0.15) is 0 Å². The second-order valence-electron chi connectivity index (χ2n) is 3.39. The molecule has 9 heavy (non-hydrogen) atoms.